The SMILES string of the molecule is CC[C@@H](SC1=Nc2ccccc2C2=N[C@@H](CC(=O)NCc3ccc(F)cc3)C(=O)N12)C(=O)NCc1ccc(C)cc1. The average Bonchev–Trinajstić information content (AvgIpc) is 3.31. The third-order valence-corrected chi connectivity index (χ3v) is 8.14. The van der Waals surface area contributed by atoms with E-state index < -0.39 is 11.3 Å². The van der Waals surface area contributed by atoms with Gasteiger partial charge in [-0.15, -0.1) is 0 Å². The Bertz CT molecular complexity index is 1520. The molecule has 41 heavy (non-hydrogen) atoms. The van der Waals surface area contributed by atoms with Gasteiger partial charge in [0.15, 0.2) is 5.17 Å². The Balaban J connectivity index is 1.29. The molecule has 2 N–H and O–H groups in total. The first kappa shape index (κ1) is 28.2. The van der Waals surface area contributed by atoms with Gasteiger partial charge in [-0.05, 0) is 48.7 Å². The number of benzene rings is 3. The Kier molecular flexibility index (Phi) is 8.58. The molecule has 2 aliphatic heterocycles. The molecule has 3 aromatic carbocycles. The van der Waals surface area contributed by atoms with Crippen LogP contribution < -0.4 is 10.6 Å². The minimum atomic E-state index is -0.925. The predicted molar refractivity (Wildman–Crippen MR) is 158 cm³/mol. The second kappa shape index (κ2) is 12.5. The molecule has 0 fully saturated rings. The normalized spacial score (nSPS) is 16.3. The van der Waals surface area contributed by atoms with Gasteiger partial charge in [-0.1, -0.05) is 72.8 Å². The van der Waals surface area contributed by atoms with E-state index >= 15 is 0 Å². The molecule has 0 saturated heterocycles. The number of fused-ring (bicyclic) bond motifs is 3. The monoisotopic (exact) mass is 571 g/mol. The smallest absolute Gasteiger partial charge is 0.259 e. The second-order valence-corrected chi connectivity index (χ2v) is 11.0. The van der Waals surface area contributed by atoms with Crippen LogP contribution in [0.25, 0.3) is 0 Å². The van der Waals surface area contributed by atoms with Crippen molar-refractivity contribution in [1.82, 2.24) is 15.5 Å². The molecule has 5 rings (SSSR count). The zero-order chi connectivity index (χ0) is 28.9. The fraction of sp³-hybridized carbons (Fsp3) is 0.258. The number of thioether (sulfide) groups is 1. The van der Waals surface area contributed by atoms with Gasteiger partial charge in [0.1, 0.15) is 17.7 Å². The van der Waals surface area contributed by atoms with Crippen LogP contribution in [0, 0.1) is 12.7 Å². The molecule has 3 aromatic rings. The Labute approximate surface area is 242 Å². The predicted octanol–water partition coefficient (Wildman–Crippen LogP) is 4.63. The van der Waals surface area contributed by atoms with E-state index in [1.54, 1.807) is 12.1 Å². The minimum absolute atomic E-state index is 0.144. The third kappa shape index (κ3) is 6.54. The molecule has 210 valence electrons. The first-order chi connectivity index (χ1) is 19.8. The van der Waals surface area contributed by atoms with Gasteiger partial charge >= 0.3 is 0 Å². The van der Waals surface area contributed by atoms with Crippen LogP contribution in [0.4, 0.5) is 10.1 Å². The second-order valence-electron chi connectivity index (χ2n) is 9.88. The van der Waals surface area contributed by atoms with Crippen molar-refractivity contribution in [2.75, 3.05) is 0 Å². The van der Waals surface area contributed by atoms with Gasteiger partial charge in [0.05, 0.1) is 17.4 Å². The molecule has 0 aliphatic carbocycles. The highest BCUT2D eigenvalue weighted by Gasteiger charge is 2.43. The maximum absolute atomic E-state index is 13.6. The van der Waals surface area contributed by atoms with Crippen LogP contribution in [0.3, 0.4) is 0 Å². The van der Waals surface area contributed by atoms with Crippen LogP contribution in [0.5, 0.6) is 0 Å². The number of nitrogens with one attached hydrogen (secondary N) is 2. The summed E-state index contributed by atoms with van der Waals surface area (Å²) in [4.78, 5) is 50.2. The van der Waals surface area contributed by atoms with E-state index in [0.717, 1.165) is 16.7 Å². The first-order valence-corrected chi connectivity index (χ1v) is 14.3. The van der Waals surface area contributed by atoms with E-state index in [9.17, 15) is 18.8 Å². The number of rotatable bonds is 9. The van der Waals surface area contributed by atoms with E-state index in [4.69, 9.17) is 4.99 Å². The molecule has 0 radical (unpaired) electrons. The molecule has 2 atom stereocenters. The number of aliphatic imine (C=N–C) groups is 2. The maximum atomic E-state index is 13.6. The molecule has 0 spiro atoms. The van der Waals surface area contributed by atoms with Crippen molar-refractivity contribution in [1.29, 1.82) is 0 Å². The zero-order valence-corrected chi connectivity index (χ0v) is 23.6. The number of para-hydroxylation sites is 1. The van der Waals surface area contributed by atoms with Crippen molar-refractivity contribution in [2.24, 2.45) is 9.98 Å². The molecule has 10 heteroatoms. The van der Waals surface area contributed by atoms with Gasteiger partial charge in [0.2, 0.25) is 11.8 Å². The summed E-state index contributed by atoms with van der Waals surface area (Å²) in [6, 6.07) is 20.2. The minimum Gasteiger partial charge on any atom is -0.352 e. The van der Waals surface area contributed by atoms with Crippen LogP contribution in [-0.2, 0) is 27.5 Å². The van der Waals surface area contributed by atoms with Crippen LogP contribution in [-0.4, -0.2) is 44.9 Å². The number of amides is 3. The summed E-state index contributed by atoms with van der Waals surface area (Å²) in [5.74, 6) is -0.796. The number of halogens is 1. The number of carbonyl (C=O) groups excluding carboxylic acids is 3. The van der Waals surface area contributed by atoms with Crippen LogP contribution in [0.15, 0.2) is 82.8 Å². The lowest BCUT2D eigenvalue weighted by molar-refractivity contribution is -0.128. The van der Waals surface area contributed by atoms with Crippen molar-refractivity contribution in [3.05, 3.63) is 101 Å². The molecule has 0 aromatic heterocycles. The topological polar surface area (TPSA) is 103 Å². The van der Waals surface area contributed by atoms with Crippen LogP contribution in [0.2, 0.25) is 0 Å². The quantitative estimate of drug-likeness (QED) is 0.391. The third-order valence-electron chi connectivity index (χ3n) is 6.83. The fourth-order valence-electron chi connectivity index (χ4n) is 4.52. The van der Waals surface area contributed by atoms with E-state index in [1.165, 1.54) is 28.8 Å². The molecule has 2 aliphatic rings. The summed E-state index contributed by atoms with van der Waals surface area (Å²) in [7, 11) is 0. The number of aryl methyl sites for hydroxylation is 1. The standard InChI is InChI=1S/C31H30FN5O3S/c1-3-26(29(39)34-18-20-10-8-19(2)9-11-20)41-31-36-24-7-5-4-6-23(24)28-35-25(30(40)37(28)31)16-27(38)33-17-21-12-14-22(32)15-13-21/h4-15,25-26H,3,16-18H2,1-2H3,(H,33,38)(H,34,39)/t25-,26+/m0/s1. The van der Waals surface area contributed by atoms with Crippen molar-refractivity contribution < 1.29 is 18.8 Å². The van der Waals surface area contributed by atoms with Crippen LogP contribution in [0.1, 0.15) is 42.0 Å². The van der Waals surface area contributed by atoms with Gasteiger partial charge in [-0.3, -0.25) is 19.4 Å². The highest BCUT2D eigenvalue weighted by Crippen LogP contribution is 2.35. The number of amidine groups is 2. The molecule has 0 saturated carbocycles. The maximum Gasteiger partial charge on any atom is 0.259 e. The van der Waals surface area contributed by atoms with Gasteiger partial charge < -0.3 is 10.6 Å². The van der Waals surface area contributed by atoms with Crippen molar-refractivity contribution in [3.63, 3.8) is 0 Å². The van der Waals surface area contributed by atoms with E-state index in [1.807, 2.05) is 62.4 Å². The molecular formula is C31H30FN5O3S. The molecule has 0 unspecified atom stereocenters. The summed E-state index contributed by atoms with van der Waals surface area (Å²) >= 11 is 1.22. The Morgan fingerprint density at radius 2 is 1.63 bits per heavy atom. The highest BCUT2D eigenvalue weighted by molar-refractivity contribution is 8.15. The summed E-state index contributed by atoms with van der Waals surface area (Å²) in [6.07, 6.45) is 0.378. The van der Waals surface area contributed by atoms with Crippen molar-refractivity contribution in [3.8, 4) is 0 Å². The molecule has 0 bridgehead atoms. The Hall–Kier alpha value is -4.31. The van der Waals surface area contributed by atoms with Crippen molar-refractivity contribution >= 4 is 46.2 Å². The molecular weight excluding hydrogens is 541 g/mol. The summed E-state index contributed by atoms with van der Waals surface area (Å²) in [5, 5.41) is 5.64. The highest BCUT2D eigenvalue weighted by atomic mass is 32.2. The van der Waals surface area contributed by atoms with Gasteiger partial charge in [0, 0.05) is 18.7 Å². The Morgan fingerprint density at radius 1 is 0.976 bits per heavy atom. The Morgan fingerprint density at radius 3 is 2.34 bits per heavy atom. The lowest BCUT2D eigenvalue weighted by Gasteiger charge is -2.27. The van der Waals surface area contributed by atoms with Crippen molar-refractivity contribution in [2.45, 2.75) is 51.1 Å². The number of hydrogen-bond donors (Lipinski definition) is 2. The lowest BCUT2D eigenvalue weighted by atomic mass is 10.1. The number of nitrogens with zero attached hydrogens (tertiary/aromatic N) is 3. The first-order valence-electron chi connectivity index (χ1n) is 13.4. The summed E-state index contributed by atoms with van der Waals surface area (Å²) < 4.78 is 13.2. The van der Waals surface area contributed by atoms with Gasteiger partial charge in [0.25, 0.3) is 5.91 Å². The lowest BCUT2D eigenvalue weighted by Crippen LogP contribution is -2.43. The number of hydrogen-bond acceptors (Lipinski definition) is 6. The zero-order valence-electron chi connectivity index (χ0n) is 22.8. The largest absolute Gasteiger partial charge is 0.352 e. The molecule has 3 amide bonds. The average molecular weight is 572 g/mol. The number of carbonyl (C=O) groups is 3. The van der Waals surface area contributed by atoms with Gasteiger partial charge in [-0.2, -0.15) is 0 Å². The van der Waals surface area contributed by atoms with Crippen LogP contribution >= 0.6 is 11.8 Å². The van der Waals surface area contributed by atoms with E-state index in [-0.39, 0.29) is 36.5 Å². The fourth-order valence-corrected chi connectivity index (χ4v) is 5.57. The summed E-state index contributed by atoms with van der Waals surface area (Å²) in [6.45, 7) is 4.53. The van der Waals surface area contributed by atoms with Gasteiger partial charge in [-0.25, -0.2) is 14.3 Å². The molecule has 8 nitrogen and oxygen atoms in total. The van der Waals surface area contributed by atoms with E-state index in [2.05, 4.69) is 15.6 Å². The van der Waals surface area contributed by atoms with E-state index in [0.29, 0.717) is 35.2 Å². The summed E-state index contributed by atoms with van der Waals surface area (Å²) in [5.41, 5.74) is 4.23. The molecule has 2 heterocycles.